The van der Waals surface area contributed by atoms with Crippen LogP contribution in [0.25, 0.3) is 0 Å². The van der Waals surface area contributed by atoms with Crippen LogP contribution in [-0.4, -0.2) is 0 Å². The largest absolute Gasteiger partial charge is 0.0776 e. The first-order valence-corrected chi connectivity index (χ1v) is 32.9. The summed E-state index contributed by atoms with van der Waals surface area (Å²) in [6.45, 7) is 76.8. The van der Waals surface area contributed by atoms with E-state index < -0.39 is 0 Å². The van der Waals surface area contributed by atoms with Crippen LogP contribution >= 0.6 is 0 Å². The fraction of sp³-hybridized carbons (Fsp3) is 1.00. The quantitative estimate of drug-likeness (QED) is 0.181. The minimum absolute atomic E-state index is 0. The Hall–Kier alpha value is 0. The summed E-state index contributed by atoms with van der Waals surface area (Å²) in [6, 6.07) is 0. The van der Waals surface area contributed by atoms with Gasteiger partial charge in [0.1, 0.15) is 0 Å². The zero-order chi connectivity index (χ0) is 58.9. The van der Waals surface area contributed by atoms with Crippen LogP contribution in [0.2, 0.25) is 0 Å². The van der Waals surface area contributed by atoms with Crippen LogP contribution in [0, 0.1) is 64.1 Å². The maximum atomic E-state index is 2.31. The van der Waals surface area contributed by atoms with Gasteiger partial charge in [-0.05, 0) is 83.4 Å². The standard InChI is InChI=1S/2C6H14.4C5H10.4C5H12.C4H8.2C4H10.C3H8.2C2H6.14CH4/c1-4-5-6(2)3;1-3-5-6-4-2;1-5(2)3-4-5;1-4-3-5(4)2;1-5-3-2-4-5;1-2-5-3-4-5;1-5(2,3)4;2*1-4-5(2)3;1-3-5-4-2;1-4-2-3-4;1-4(2)3;1-3-4-2;1-3-2;2*1-2;;;;;;;;;;;;;;/h6H,4-5H2,1-3H3;3-6H2,1-2H3;3-4H2,1-2H3;4-5H,3H2,1-2H3;2*5H,2-4H2,1H3;1-4H3;2*5H,4H2,1-3H3;3-5H2,1-2H3;4H,2-3H2,1H3;4H,1-3H3;3-4H2,1-2H3;3H2,1-2H3;2*1-2H3;14*1H4/t;;;4-,5?;;;;;;;;;;;;;;;;;;;;;;;;;;/m...1........................../s1. The van der Waals surface area contributed by atoms with E-state index in [0.29, 0.717) is 5.41 Å². The summed E-state index contributed by atoms with van der Waals surface area (Å²) in [7, 11) is 0. The summed E-state index contributed by atoms with van der Waals surface area (Å²) in [5.41, 5.74) is 1.25. The van der Waals surface area contributed by atoms with Crippen LogP contribution in [0.3, 0.4) is 0 Å². The van der Waals surface area contributed by atoms with Gasteiger partial charge in [0.2, 0.25) is 0 Å². The Balaban J connectivity index is -0.0000000195. The van der Waals surface area contributed by atoms with E-state index in [0.717, 1.165) is 58.7 Å². The lowest BCUT2D eigenvalue weighted by Crippen LogP contribution is -2.04. The molecule has 5 aliphatic rings. The first kappa shape index (κ1) is 167. The van der Waals surface area contributed by atoms with Crippen molar-refractivity contribution in [1.29, 1.82) is 0 Å². The fourth-order valence-corrected chi connectivity index (χ4v) is 3.49. The molecule has 0 bridgehead atoms. The monoisotopic (exact) mass is 1240 g/mol. The summed E-state index contributed by atoms with van der Waals surface area (Å²) in [6.07, 6.45) is 35.1. The van der Waals surface area contributed by atoms with E-state index in [-0.39, 0.29) is 104 Å². The molecule has 85 heavy (non-hydrogen) atoms. The predicted octanol–water partition coefficient (Wildman–Crippen LogP) is 37.7. The minimum Gasteiger partial charge on any atom is -0.0776 e. The molecule has 0 saturated heterocycles. The van der Waals surface area contributed by atoms with Crippen molar-refractivity contribution in [2.24, 2.45) is 64.1 Å². The van der Waals surface area contributed by atoms with Crippen LogP contribution in [0.1, 0.15) is 507 Å². The highest BCUT2D eigenvalue weighted by Crippen LogP contribution is 2.43. The van der Waals surface area contributed by atoms with Crippen molar-refractivity contribution in [3.05, 3.63) is 0 Å². The Kier molecular flexibility index (Phi) is 277. The molecule has 5 rings (SSSR count). The molecular weight excluding hydrogens is 1020 g/mol. The molecule has 5 fully saturated rings. The summed E-state index contributed by atoms with van der Waals surface area (Å²) in [4.78, 5) is 0. The van der Waals surface area contributed by atoms with Crippen LogP contribution in [0.4, 0.5) is 0 Å². The highest BCUT2D eigenvalue weighted by atomic mass is 14.4. The zero-order valence-corrected chi connectivity index (χ0v) is 58.9. The molecule has 0 heteroatoms. The maximum Gasteiger partial charge on any atom is -0.0354 e. The topological polar surface area (TPSA) is 0 Å². The van der Waals surface area contributed by atoms with E-state index in [1.165, 1.54) is 161 Å². The van der Waals surface area contributed by atoms with Crippen LogP contribution in [0.15, 0.2) is 0 Å². The summed E-state index contributed by atoms with van der Waals surface area (Å²) >= 11 is 0. The van der Waals surface area contributed by atoms with Gasteiger partial charge in [0.05, 0.1) is 0 Å². The molecule has 0 aromatic heterocycles. The van der Waals surface area contributed by atoms with Crippen molar-refractivity contribution in [1.82, 2.24) is 0 Å². The molecule has 0 spiro atoms. The third-order valence-electron chi connectivity index (χ3n) is 11.0. The molecule has 0 N–H and O–H groups in total. The third kappa shape index (κ3) is 391. The summed E-state index contributed by atoms with van der Waals surface area (Å²) in [5, 5.41) is 0. The second kappa shape index (κ2) is 141. The van der Waals surface area contributed by atoms with Crippen molar-refractivity contribution in [2.45, 2.75) is 507 Å². The van der Waals surface area contributed by atoms with Gasteiger partial charge in [0.15, 0.2) is 0 Å². The molecule has 5 aliphatic carbocycles. The molecular formula is C85H220. The highest BCUT2D eigenvalue weighted by molar-refractivity contribution is 4.82. The Morgan fingerprint density at radius 1 is 0.365 bits per heavy atom. The lowest BCUT2D eigenvalue weighted by atomic mass is 9.88. The van der Waals surface area contributed by atoms with Crippen LogP contribution < -0.4 is 0 Å². The van der Waals surface area contributed by atoms with Crippen molar-refractivity contribution < 1.29 is 0 Å². The van der Waals surface area contributed by atoms with Crippen LogP contribution in [0.5, 0.6) is 0 Å². The average molecular weight is 1240 g/mol. The summed E-state index contributed by atoms with van der Waals surface area (Å²) < 4.78 is 0. The maximum absolute atomic E-state index is 2.31. The van der Waals surface area contributed by atoms with Crippen molar-refractivity contribution >= 4 is 0 Å². The first-order chi connectivity index (χ1) is 32.9. The molecule has 0 aromatic carbocycles. The molecule has 0 aromatic rings. The normalized spacial score (nSPS) is 13.6. The van der Waals surface area contributed by atoms with Crippen molar-refractivity contribution in [3.8, 4) is 0 Å². The average Bonchev–Trinajstić information content (AvgIpc) is 4.09. The lowest BCUT2D eigenvalue weighted by Gasteiger charge is -2.18. The minimum atomic E-state index is 0. The van der Waals surface area contributed by atoms with Gasteiger partial charge in [-0.2, -0.15) is 0 Å². The van der Waals surface area contributed by atoms with E-state index in [2.05, 4.69) is 215 Å². The predicted molar refractivity (Wildman–Crippen MR) is 445 cm³/mol. The number of hydrogen-bond acceptors (Lipinski definition) is 0. The van der Waals surface area contributed by atoms with Crippen LogP contribution in [-0.2, 0) is 0 Å². The highest BCUT2D eigenvalue weighted by Gasteiger charge is 2.30. The van der Waals surface area contributed by atoms with E-state index in [1.807, 2.05) is 27.7 Å². The van der Waals surface area contributed by atoms with E-state index in [4.69, 9.17) is 0 Å². The molecule has 0 amide bonds. The van der Waals surface area contributed by atoms with Gasteiger partial charge in [-0.25, -0.2) is 0 Å². The van der Waals surface area contributed by atoms with Gasteiger partial charge in [0.25, 0.3) is 0 Å². The molecule has 2 atom stereocenters. The Morgan fingerprint density at radius 3 is 0.565 bits per heavy atom. The SMILES string of the molecule is C.C.C.C.C.C.C.C.C.C.C.C.C.C.CC.CC.CC(C)(C)C.CC(C)C.CC1(C)CC1.CC1CC1.CC1CCC1.CC1C[C@H]1C.CCC.CCC(C)C.CCC(C)C.CCC1CC1.CCCC.CCCC(C)C.CCCCC.CCCCCC. The smallest absolute Gasteiger partial charge is 0.0354 e. The van der Waals surface area contributed by atoms with Gasteiger partial charge < -0.3 is 0 Å². The van der Waals surface area contributed by atoms with Gasteiger partial charge in [0, 0.05) is 0 Å². The second-order valence-electron chi connectivity index (χ2n) is 25.7. The van der Waals surface area contributed by atoms with Gasteiger partial charge in [-0.3, -0.25) is 0 Å². The Labute approximate surface area is 568 Å². The molecule has 0 aliphatic heterocycles. The second-order valence-corrected chi connectivity index (χ2v) is 25.7. The lowest BCUT2D eigenvalue weighted by molar-refractivity contribution is 0.346. The molecule has 560 valence electrons. The van der Waals surface area contributed by atoms with Gasteiger partial charge in [-0.15, -0.1) is 0 Å². The third-order valence-corrected chi connectivity index (χ3v) is 11.0. The number of hydrogen-bond donors (Lipinski definition) is 0. The Morgan fingerprint density at radius 2 is 0.553 bits per heavy atom. The van der Waals surface area contributed by atoms with Crippen molar-refractivity contribution in [3.63, 3.8) is 0 Å². The summed E-state index contributed by atoms with van der Waals surface area (Å²) in [5.74, 6) is 8.88. The Bertz CT molecular complexity index is 679. The van der Waals surface area contributed by atoms with Gasteiger partial charge in [-0.1, -0.05) is 488 Å². The number of unbranched alkanes of at least 4 members (excludes halogenated alkanes) is 6. The first-order valence-electron chi connectivity index (χ1n) is 32.9. The zero-order valence-electron chi connectivity index (χ0n) is 58.9. The molecule has 0 radical (unpaired) electrons. The molecule has 0 nitrogen and oxygen atoms in total. The molecule has 1 unspecified atom stereocenters. The number of rotatable bonds is 11. The fourth-order valence-electron chi connectivity index (χ4n) is 3.49. The van der Waals surface area contributed by atoms with E-state index in [9.17, 15) is 0 Å². The van der Waals surface area contributed by atoms with Gasteiger partial charge >= 0.3 is 0 Å². The van der Waals surface area contributed by atoms with E-state index in [1.54, 1.807) is 0 Å². The van der Waals surface area contributed by atoms with E-state index >= 15 is 0 Å². The van der Waals surface area contributed by atoms with Crippen molar-refractivity contribution in [2.75, 3.05) is 0 Å². The molecule has 0 heterocycles. The molecule has 5 saturated carbocycles.